The predicted octanol–water partition coefficient (Wildman–Crippen LogP) is 3.55. The van der Waals surface area contributed by atoms with E-state index in [0.29, 0.717) is 31.6 Å². The quantitative estimate of drug-likeness (QED) is 0.811. The molecule has 1 aromatic carbocycles. The van der Waals surface area contributed by atoms with Gasteiger partial charge in [-0.05, 0) is 57.2 Å². The highest BCUT2D eigenvalue weighted by molar-refractivity contribution is 5.76. The Labute approximate surface area is 161 Å². The van der Waals surface area contributed by atoms with Crippen LogP contribution in [-0.2, 0) is 16.1 Å². The number of carbonyl (C=O) groups is 2. The Morgan fingerprint density at radius 3 is 2.56 bits per heavy atom. The molecule has 0 bridgehead atoms. The first-order valence-corrected chi connectivity index (χ1v) is 9.39. The summed E-state index contributed by atoms with van der Waals surface area (Å²) in [5, 5.41) is 8.98. The number of hydrogen-bond acceptors (Lipinski definition) is 4. The lowest BCUT2D eigenvalue weighted by molar-refractivity contribution is -0.131. The molecule has 0 N–H and O–H groups in total. The number of piperidine rings is 1. The number of nitrogens with zero attached hydrogens (tertiary/aromatic N) is 3. The van der Waals surface area contributed by atoms with Gasteiger partial charge in [-0.3, -0.25) is 4.79 Å². The molecule has 0 aliphatic carbocycles. The smallest absolute Gasteiger partial charge is 0.410 e. The third-order valence-electron chi connectivity index (χ3n) is 4.63. The summed E-state index contributed by atoms with van der Waals surface area (Å²) in [6.07, 6.45) is 1.82. The van der Waals surface area contributed by atoms with Crippen molar-refractivity contribution in [1.29, 1.82) is 5.26 Å². The lowest BCUT2D eigenvalue weighted by Crippen LogP contribution is -2.42. The van der Waals surface area contributed by atoms with Gasteiger partial charge in [0.1, 0.15) is 5.60 Å². The van der Waals surface area contributed by atoms with E-state index in [4.69, 9.17) is 10.00 Å². The molecule has 27 heavy (non-hydrogen) atoms. The van der Waals surface area contributed by atoms with Crippen LogP contribution >= 0.6 is 0 Å². The highest BCUT2D eigenvalue weighted by Crippen LogP contribution is 2.23. The van der Waals surface area contributed by atoms with Gasteiger partial charge in [0.05, 0.1) is 11.6 Å². The van der Waals surface area contributed by atoms with E-state index in [1.165, 1.54) is 0 Å². The van der Waals surface area contributed by atoms with Gasteiger partial charge >= 0.3 is 6.09 Å². The Kier molecular flexibility index (Phi) is 6.84. The summed E-state index contributed by atoms with van der Waals surface area (Å²) in [5.41, 5.74) is 1.06. The van der Waals surface area contributed by atoms with Crippen LogP contribution in [0.5, 0.6) is 0 Å². The number of likely N-dealkylation sites (tertiary alicyclic amines) is 1. The summed E-state index contributed by atoms with van der Waals surface area (Å²) < 4.78 is 5.41. The molecule has 6 heteroatoms. The SMILES string of the molecule is CN(Cc1cccc(C#N)c1)C(=O)CC1CCN(C(=O)OC(C)(C)C)CC1. The van der Waals surface area contributed by atoms with Crippen molar-refractivity contribution in [3.63, 3.8) is 0 Å². The van der Waals surface area contributed by atoms with Crippen LogP contribution in [0.15, 0.2) is 24.3 Å². The lowest BCUT2D eigenvalue weighted by atomic mass is 9.93. The number of amides is 2. The fourth-order valence-corrected chi connectivity index (χ4v) is 3.15. The van der Waals surface area contributed by atoms with Crippen molar-refractivity contribution in [2.24, 2.45) is 5.92 Å². The zero-order valence-electron chi connectivity index (χ0n) is 16.7. The molecule has 0 radical (unpaired) electrons. The number of hydrogen-bond donors (Lipinski definition) is 0. The van der Waals surface area contributed by atoms with E-state index in [9.17, 15) is 9.59 Å². The average Bonchev–Trinajstić information content (AvgIpc) is 2.61. The van der Waals surface area contributed by atoms with Gasteiger partial charge < -0.3 is 14.5 Å². The van der Waals surface area contributed by atoms with Crippen LogP contribution in [0.2, 0.25) is 0 Å². The van der Waals surface area contributed by atoms with Gasteiger partial charge in [-0.1, -0.05) is 12.1 Å². The van der Waals surface area contributed by atoms with E-state index < -0.39 is 5.60 Å². The van der Waals surface area contributed by atoms with Crippen molar-refractivity contribution in [2.45, 2.75) is 52.2 Å². The number of rotatable bonds is 4. The van der Waals surface area contributed by atoms with Gasteiger partial charge in [-0.2, -0.15) is 5.26 Å². The van der Waals surface area contributed by atoms with Crippen LogP contribution in [0.4, 0.5) is 4.79 Å². The average molecular weight is 371 g/mol. The molecule has 1 aliphatic heterocycles. The number of benzene rings is 1. The summed E-state index contributed by atoms with van der Waals surface area (Å²) in [6.45, 7) is 7.32. The molecule has 2 amide bonds. The molecule has 1 heterocycles. The molecule has 0 aromatic heterocycles. The molecular weight excluding hydrogens is 342 g/mol. The summed E-state index contributed by atoms with van der Waals surface area (Å²) in [7, 11) is 1.79. The van der Waals surface area contributed by atoms with Crippen molar-refractivity contribution in [3.05, 3.63) is 35.4 Å². The monoisotopic (exact) mass is 371 g/mol. The Balaban J connectivity index is 1.79. The van der Waals surface area contributed by atoms with Crippen molar-refractivity contribution in [2.75, 3.05) is 20.1 Å². The van der Waals surface area contributed by atoms with E-state index >= 15 is 0 Å². The van der Waals surface area contributed by atoms with Crippen LogP contribution in [-0.4, -0.2) is 47.5 Å². The number of nitriles is 1. The molecule has 1 aliphatic rings. The molecule has 0 atom stereocenters. The fraction of sp³-hybridized carbons (Fsp3) is 0.571. The van der Waals surface area contributed by atoms with Crippen molar-refractivity contribution < 1.29 is 14.3 Å². The maximum Gasteiger partial charge on any atom is 0.410 e. The molecular formula is C21H29N3O3. The first-order chi connectivity index (χ1) is 12.7. The maximum absolute atomic E-state index is 12.5. The molecule has 146 valence electrons. The molecule has 1 fully saturated rings. The fourth-order valence-electron chi connectivity index (χ4n) is 3.15. The predicted molar refractivity (Wildman–Crippen MR) is 103 cm³/mol. The first-order valence-electron chi connectivity index (χ1n) is 9.39. The zero-order chi connectivity index (χ0) is 20.0. The second-order valence-electron chi connectivity index (χ2n) is 8.18. The van der Waals surface area contributed by atoms with Crippen molar-refractivity contribution in [1.82, 2.24) is 9.80 Å². The normalized spacial score (nSPS) is 15.1. The molecule has 0 spiro atoms. The standard InChI is InChI=1S/C21H29N3O3/c1-21(2,3)27-20(26)24-10-8-16(9-11-24)13-19(25)23(4)15-18-7-5-6-17(12-18)14-22/h5-7,12,16H,8-11,13,15H2,1-4H3. The van der Waals surface area contributed by atoms with E-state index in [1.54, 1.807) is 22.9 Å². The van der Waals surface area contributed by atoms with Crippen LogP contribution in [0.3, 0.4) is 0 Å². The zero-order valence-corrected chi connectivity index (χ0v) is 16.7. The second kappa shape index (κ2) is 8.90. The topological polar surface area (TPSA) is 73.6 Å². The molecule has 1 aromatic rings. The van der Waals surface area contributed by atoms with Gasteiger partial charge in [-0.25, -0.2) is 4.79 Å². The highest BCUT2D eigenvalue weighted by atomic mass is 16.6. The van der Waals surface area contributed by atoms with Crippen LogP contribution in [0, 0.1) is 17.2 Å². The number of carbonyl (C=O) groups excluding carboxylic acids is 2. The van der Waals surface area contributed by atoms with E-state index in [1.807, 2.05) is 39.0 Å². The Hall–Kier alpha value is -2.55. The largest absolute Gasteiger partial charge is 0.444 e. The molecule has 0 saturated carbocycles. The van der Waals surface area contributed by atoms with E-state index in [2.05, 4.69) is 6.07 Å². The Bertz CT molecular complexity index is 710. The minimum Gasteiger partial charge on any atom is -0.444 e. The second-order valence-corrected chi connectivity index (χ2v) is 8.18. The minimum absolute atomic E-state index is 0.0908. The Morgan fingerprint density at radius 2 is 1.96 bits per heavy atom. The van der Waals surface area contributed by atoms with Gasteiger partial charge in [0.15, 0.2) is 0 Å². The summed E-state index contributed by atoms with van der Waals surface area (Å²) in [4.78, 5) is 28.1. The van der Waals surface area contributed by atoms with Crippen LogP contribution < -0.4 is 0 Å². The van der Waals surface area contributed by atoms with Crippen LogP contribution in [0.1, 0.15) is 51.2 Å². The third kappa shape index (κ3) is 6.59. The first kappa shape index (κ1) is 20.8. The van der Waals surface area contributed by atoms with Gasteiger partial charge in [-0.15, -0.1) is 0 Å². The molecule has 0 unspecified atom stereocenters. The summed E-state index contributed by atoms with van der Waals surface area (Å²) in [6, 6.07) is 9.43. The van der Waals surface area contributed by atoms with Crippen LogP contribution in [0.25, 0.3) is 0 Å². The Morgan fingerprint density at radius 1 is 1.30 bits per heavy atom. The van der Waals surface area contributed by atoms with Gasteiger partial charge in [0.25, 0.3) is 0 Å². The third-order valence-corrected chi connectivity index (χ3v) is 4.63. The van der Waals surface area contributed by atoms with Gasteiger partial charge in [0, 0.05) is 33.1 Å². The molecule has 2 rings (SSSR count). The summed E-state index contributed by atoms with van der Waals surface area (Å²) in [5.74, 6) is 0.372. The van der Waals surface area contributed by atoms with Crippen molar-refractivity contribution >= 4 is 12.0 Å². The minimum atomic E-state index is -0.491. The highest BCUT2D eigenvalue weighted by Gasteiger charge is 2.28. The molecule has 6 nitrogen and oxygen atoms in total. The summed E-state index contributed by atoms with van der Waals surface area (Å²) >= 11 is 0. The van der Waals surface area contributed by atoms with E-state index in [-0.39, 0.29) is 17.9 Å². The number of ether oxygens (including phenoxy) is 1. The lowest BCUT2D eigenvalue weighted by Gasteiger charge is -2.33. The van der Waals surface area contributed by atoms with Gasteiger partial charge in [0.2, 0.25) is 5.91 Å². The molecule has 1 saturated heterocycles. The van der Waals surface area contributed by atoms with Crippen molar-refractivity contribution in [3.8, 4) is 6.07 Å². The van der Waals surface area contributed by atoms with E-state index in [0.717, 1.165) is 18.4 Å². The maximum atomic E-state index is 12.5.